The maximum atomic E-state index is 12.5. The normalized spacial score (nSPS) is 23.4. The summed E-state index contributed by atoms with van der Waals surface area (Å²) in [7, 11) is 0. The molecule has 0 radical (unpaired) electrons. The van der Waals surface area contributed by atoms with Crippen LogP contribution in [0, 0.1) is 0 Å². The summed E-state index contributed by atoms with van der Waals surface area (Å²) in [5.74, 6) is 0.230. The van der Waals surface area contributed by atoms with Crippen molar-refractivity contribution in [1.29, 1.82) is 0 Å². The Morgan fingerprint density at radius 2 is 2.27 bits per heavy atom. The zero-order valence-corrected chi connectivity index (χ0v) is 12.4. The number of carbonyl (C=O) groups excluding carboxylic acids is 1. The van der Waals surface area contributed by atoms with Gasteiger partial charge in [0.2, 0.25) is 5.91 Å². The quantitative estimate of drug-likeness (QED) is 0.932. The fraction of sp³-hybridized carbons (Fsp3) is 0.438. The minimum atomic E-state index is 0.218. The largest absolute Gasteiger partial charge is 0.381 e. The van der Waals surface area contributed by atoms with Crippen LogP contribution in [0.25, 0.3) is 0 Å². The fourth-order valence-electron chi connectivity index (χ4n) is 3.43. The molecule has 0 spiro atoms. The Labute approximate surface area is 129 Å². The first-order valence-electron chi connectivity index (χ1n) is 7.76. The van der Waals surface area contributed by atoms with Gasteiger partial charge in [-0.15, -0.1) is 0 Å². The molecular formula is C16H19N5O. The lowest BCUT2D eigenvalue weighted by Crippen LogP contribution is -2.33. The highest BCUT2D eigenvalue weighted by molar-refractivity contribution is 5.78. The number of likely N-dealkylation sites (tertiary alicyclic amines) is 1. The number of carbonyl (C=O) groups is 1. The molecule has 2 atom stereocenters. The van der Waals surface area contributed by atoms with Crippen molar-refractivity contribution in [2.24, 2.45) is 0 Å². The summed E-state index contributed by atoms with van der Waals surface area (Å²) < 4.78 is 1.86. The lowest BCUT2D eigenvalue weighted by atomic mass is 10.1. The zero-order chi connectivity index (χ0) is 14.9. The van der Waals surface area contributed by atoms with E-state index in [2.05, 4.69) is 27.5 Å². The summed E-state index contributed by atoms with van der Waals surface area (Å²) in [6, 6.07) is 8.77. The SMILES string of the molecule is O=C(C[C@H]1Cc2ccccc2N1)N1CCC(n2cncn2)C1. The first-order chi connectivity index (χ1) is 10.8. The van der Waals surface area contributed by atoms with Gasteiger partial charge in [-0.25, -0.2) is 9.67 Å². The van der Waals surface area contributed by atoms with Crippen LogP contribution in [0.2, 0.25) is 0 Å². The molecule has 114 valence electrons. The van der Waals surface area contributed by atoms with E-state index in [4.69, 9.17) is 0 Å². The van der Waals surface area contributed by atoms with E-state index in [-0.39, 0.29) is 18.0 Å². The van der Waals surface area contributed by atoms with Gasteiger partial charge in [0.1, 0.15) is 12.7 Å². The number of nitrogens with zero attached hydrogens (tertiary/aromatic N) is 4. The number of amides is 1. The predicted octanol–water partition coefficient (Wildman–Crippen LogP) is 1.48. The Morgan fingerprint density at radius 3 is 3.09 bits per heavy atom. The summed E-state index contributed by atoms with van der Waals surface area (Å²) in [5.41, 5.74) is 2.48. The van der Waals surface area contributed by atoms with Crippen molar-refractivity contribution >= 4 is 11.6 Å². The van der Waals surface area contributed by atoms with Gasteiger partial charge in [0.05, 0.1) is 6.04 Å². The summed E-state index contributed by atoms with van der Waals surface area (Å²) in [6.07, 6.45) is 5.71. The molecule has 1 unspecified atom stereocenters. The van der Waals surface area contributed by atoms with E-state index < -0.39 is 0 Å². The second-order valence-electron chi connectivity index (χ2n) is 6.06. The molecule has 3 heterocycles. The summed E-state index contributed by atoms with van der Waals surface area (Å²) in [4.78, 5) is 18.4. The Hall–Kier alpha value is -2.37. The van der Waals surface area contributed by atoms with Gasteiger partial charge < -0.3 is 10.2 Å². The third-order valence-corrected chi connectivity index (χ3v) is 4.59. The molecule has 2 aromatic rings. The highest BCUT2D eigenvalue weighted by atomic mass is 16.2. The molecule has 1 aromatic carbocycles. The number of aromatic nitrogens is 3. The van der Waals surface area contributed by atoms with Crippen LogP contribution in [0.3, 0.4) is 0 Å². The molecule has 2 aliphatic heterocycles. The monoisotopic (exact) mass is 297 g/mol. The van der Waals surface area contributed by atoms with E-state index >= 15 is 0 Å². The first kappa shape index (κ1) is 13.3. The maximum Gasteiger partial charge on any atom is 0.224 e. The topological polar surface area (TPSA) is 63.1 Å². The molecule has 1 N–H and O–H groups in total. The molecule has 1 amide bonds. The van der Waals surface area contributed by atoms with Crippen LogP contribution < -0.4 is 5.32 Å². The van der Waals surface area contributed by atoms with Crippen LogP contribution in [0.15, 0.2) is 36.9 Å². The van der Waals surface area contributed by atoms with E-state index in [0.29, 0.717) is 6.42 Å². The van der Waals surface area contributed by atoms with Crippen molar-refractivity contribution in [3.05, 3.63) is 42.5 Å². The van der Waals surface area contributed by atoms with Crippen LogP contribution in [-0.2, 0) is 11.2 Å². The number of hydrogen-bond acceptors (Lipinski definition) is 4. The molecule has 6 nitrogen and oxygen atoms in total. The van der Waals surface area contributed by atoms with Crippen LogP contribution in [0.4, 0.5) is 5.69 Å². The predicted molar refractivity (Wildman–Crippen MR) is 82.4 cm³/mol. The van der Waals surface area contributed by atoms with E-state index in [9.17, 15) is 4.79 Å². The number of hydrogen-bond donors (Lipinski definition) is 1. The van der Waals surface area contributed by atoms with E-state index in [1.807, 2.05) is 21.7 Å². The average Bonchev–Trinajstić information content (AvgIpc) is 3.26. The Balaban J connectivity index is 1.34. The maximum absolute atomic E-state index is 12.5. The Bertz CT molecular complexity index is 644. The van der Waals surface area contributed by atoms with Gasteiger partial charge in [0, 0.05) is 31.2 Å². The van der Waals surface area contributed by atoms with Crippen LogP contribution in [0.1, 0.15) is 24.4 Å². The second-order valence-corrected chi connectivity index (χ2v) is 6.06. The standard InChI is InChI=1S/C16H19N5O/c22-16(8-13-7-12-3-1-2-4-15(12)19-13)20-6-5-14(9-20)21-11-17-10-18-21/h1-4,10-11,13-14,19H,5-9H2/t13-,14?/m1/s1. The van der Waals surface area contributed by atoms with Gasteiger partial charge in [0.15, 0.2) is 0 Å². The molecule has 1 fully saturated rings. The van der Waals surface area contributed by atoms with Gasteiger partial charge in [-0.05, 0) is 24.5 Å². The van der Waals surface area contributed by atoms with Crippen LogP contribution >= 0.6 is 0 Å². The highest BCUT2D eigenvalue weighted by Gasteiger charge is 2.30. The summed E-state index contributed by atoms with van der Waals surface area (Å²) in [6.45, 7) is 1.55. The Morgan fingerprint density at radius 1 is 1.36 bits per heavy atom. The molecule has 0 aliphatic carbocycles. The fourth-order valence-corrected chi connectivity index (χ4v) is 3.43. The van der Waals surface area contributed by atoms with E-state index in [1.54, 1.807) is 12.7 Å². The van der Waals surface area contributed by atoms with Crippen molar-refractivity contribution in [3.8, 4) is 0 Å². The highest BCUT2D eigenvalue weighted by Crippen LogP contribution is 2.28. The minimum absolute atomic E-state index is 0.218. The van der Waals surface area contributed by atoms with E-state index in [1.165, 1.54) is 11.3 Å². The van der Waals surface area contributed by atoms with Crippen molar-refractivity contribution in [1.82, 2.24) is 19.7 Å². The number of rotatable bonds is 3. The third kappa shape index (κ3) is 2.45. The average molecular weight is 297 g/mol. The van der Waals surface area contributed by atoms with Gasteiger partial charge in [-0.3, -0.25) is 4.79 Å². The van der Waals surface area contributed by atoms with E-state index in [0.717, 1.165) is 25.9 Å². The molecule has 0 bridgehead atoms. The van der Waals surface area contributed by atoms with Gasteiger partial charge in [-0.2, -0.15) is 5.10 Å². The molecule has 1 saturated heterocycles. The minimum Gasteiger partial charge on any atom is -0.381 e. The number of anilines is 1. The van der Waals surface area contributed by atoms with Crippen molar-refractivity contribution < 1.29 is 4.79 Å². The van der Waals surface area contributed by atoms with Crippen molar-refractivity contribution in [2.45, 2.75) is 31.3 Å². The first-order valence-corrected chi connectivity index (χ1v) is 7.76. The van der Waals surface area contributed by atoms with Gasteiger partial charge in [-0.1, -0.05) is 18.2 Å². The molecule has 4 rings (SSSR count). The molecule has 0 saturated carbocycles. The summed E-state index contributed by atoms with van der Waals surface area (Å²) >= 11 is 0. The molecular weight excluding hydrogens is 278 g/mol. The molecule has 2 aliphatic rings. The smallest absolute Gasteiger partial charge is 0.224 e. The van der Waals surface area contributed by atoms with Gasteiger partial charge in [0.25, 0.3) is 0 Å². The molecule has 22 heavy (non-hydrogen) atoms. The number of para-hydroxylation sites is 1. The number of nitrogens with one attached hydrogen (secondary N) is 1. The summed E-state index contributed by atoms with van der Waals surface area (Å²) in [5, 5.41) is 7.63. The van der Waals surface area contributed by atoms with Gasteiger partial charge >= 0.3 is 0 Å². The second kappa shape index (κ2) is 5.44. The molecule has 6 heteroatoms. The zero-order valence-electron chi connectivity index (χ0n) is 12.4. The Kier molecular flexibility index (Phi) is 3.29. The lowest BCUT2D eigenvalue weighted by molar-refractivity contribution is -0.130. The van der Waals surface area contributed by atoms with Crippen LogP contribution in [-0.4, -0.2) is 44.7 Å². The van der Waals surface area contributed by atoms with Crippen molar-refractivity contribution in [2.75, 3.05) is 18.4 Å². The number of fused-ring (bicyclic) bond motifs is 1. The van der Waals surface area contributed by atoms with Crippen molar-refractivity contribution in [3.63, 3.8) is 0 Å². The third-order valence-electron chi connectivity index (χ3n) is 4.59. The number of benzene rings is 1. The molecule has 1 aromatic heterocycles. The van der Waals surface area contributed by atoms with Crippen LogP contribution in [0.5, 0.6) is 0 Å². The lowest BCUT2D eigenvalue weighted by Gasteiger charge is -2.19.